The minimum Gasteiger partial charge on any atom is -0.298 e. The van der Waals surface area contributed by atoms with Crippen LogP contribution >= 0.6 is 0 Å². The van der Waals surface area contributed by atoms with Crippen molar-refractivity contribution in [3.05, 3.63) is 24.3 Å². The molecule has 0 N–H and O–H groups in total. The van der Waals surface area contributed by atoms with E-state index in [-0.39, 0.29) is 21.7 Å². The molecule has 0 aromatic rings. The third-order valence-corrected chi connectivity index (χ3v) is 4.17. The number of rotatable bonds is 0. The fraction of sp³-hybridized carbons (Fsp3) is 0.667. The molecule has 0 heterocycles. The van der Waals surface area contributed by atoms with Crippen molar-refractivity contribution >= 4 is 11.6 Å². The average molecular weight is 276 g/mol. The number of hydrogen-bond acceptors (Lipinski definition) is 2. The Labute approximate surface area is 123 Å². The van der Waals surface area contributed by atoms with Crippen molar-refractivity contribution in [1.29, 1.82) is 0 Å². The second kappa shape index (κ2) is 4.68. The van der Waals surface area contributed by atoms with E-state index in [9.17, 15) is 9.59 Å². The standard InChI is InChI=1S/2C9H14O/c2*1-8(2)5-6-9(3,4)7(8)10/h2*5-6H,1-4H3. The third-order valence-electron chi connectivity index (χ3n) is 4.17. The number of hydrogen-bond donors (Lipinski definition) is 0. The van der Waals surface area contributed by atoms with E-state index in [0.717, 1.165) is 0 Å². The Morgan fingerprint density at radius 2 is 0.650 bits per heavy atom. The molecule has 0 unspecified atom stereocenters. The van der Waals surface area contributed by atoms with Gasteiger partial charge in [0.25, 0.3) is 0 Å². The Bertz CT molecular complexity index is 400. The zero-order chi connectivity index (χ0) is 16.0. The molecule has 0 spiro atoms. The number of ketones is 2. The zero-order valence-electron chi connectivity index (χ0n) is 14.1. The highest BCUT2D eigenvalue weighted by molar-refractivity contribution is 5.95. The first-order valence-electron chi connectivity index (χ1n) is 7.23. The summed E-state index contributed by atoms with van der Waals surface area (Å²) in [4.78, 5) is 23.0. The summed E-state index contributed by atoms with van der Waals surface area (Å²) in [7, 11) is 0. The van der Waals surface area contributed by atoms with Gasteiger partial charge in [-0.3, -0.25) is 9.59 Å². The fourth-order valence-corrected chi connectivity index (χ4v) is 2.80. The molecular formula is C18H28O2. The summed E-state index contributed by atoms with van der Waals surface area (Å²) in [6, 6.07) is 0. The van der Waals surface area contributed by atoms with Gasteiger partial charge in [-0.25, -0.2) is 0 Å². The van der Waals surface area contributed by atoms with Crippen molar-refractivity contribution in [3.8, 4) is 0 Å². The van der Waals surface area contributed by atoms with Gasteiger partial charge in [-0.2, -0.15) is 0 Å². The van der Waals surface area contributed by atoms with Crippen molar-refractivity contribution in [3.63, 3.8) is 0 Å². The van der Waals surface area contributed by atoms with Crippen LogP contribution in [0.5, 0.6) is 0 Å². The Kier molecular flexibility index (Phi) is 3.95. The van der Waals surface area contributed by atoms with Crippen LogP contribution in [0.25, 0.3) is 0 Å². The smallest absolute Gasteiger partial charge is 0.151 e. The molecule has 0 fully saturated rings. The number of carbonyl (C=O) groups excluding carboxylic acids is 2. The van der Waals surface area contributed by atoms with Gasteiger partial charge >= 0.3 is 0 Å². The van der Waals surface area contributed by atoms with E-state index in [1.54, 1.807) is 0 Å². The maximum atomic E-state index is 11.5. The summed E-state index contributed by atoms with van der Waals surface area (Å²) in [5, 5.41) is 0. The lowest BCUT2D eigenvalue weighted by atomic mass is 9.81. The molecule has 0 aromatic heterocycles. The highest BCUT2D eigenvalue weighted by Gasteiger charge is 2.41. The van der Waals surface area contributed by atoms with Crippen LogP contribution in [0, 0.1) is 21.7 Å². The van der Waals surface area contributed by atoms with Gasteiger partial charge in [0.15, 0.2) is 11.6 Å². The van der Waals surface area contributed by atoms with Crippen molar-refractivity contribution in [1.82, 2.24) is 0 Å². The van der Waals surface area contributed by atoms with Gasteiger partial charge in [0, 0.05) is 21.7 Å². The van der Waals surface area contributed by atoms with Gasteiger partial charge < -0.3 is 0 Å². The SMILES string of the molecule is CC1(C)C=CC(C)(C)C1=O.CC1(C)C=CC(C)(C)C1=O. The predicted octanol–water partition coefficient (Wildman–Crippen LogP) is 4.36. The maximum Gasteiger partial charge on any atom is 0.151 e. The largest absolute Gasteiger partial charge is 0.298 e. The van der Waals surface area contributed by atoms with Crippen molar-refractivity contribution in [2.75, 3.05) is 0 Å². The Morgan fingerprint density at radius 1 is 0.500 bits per heavy atom. The molecule has 0 saturated heterocycles. The topological polar surface area (TPSA) is 34.1 Å². The first-order valence-corrected chi connectivity index (χ1v) is 7.23. The summed E-state index contributed by atoms with van der Waals surface area (Å²) in [6.45, 7) is 15.7. The fourth-order valence-electron chi connectivity index (χ4n) is 2.80. The van der Waals surface area contributed by atoms with Crippen LogP contribution in [0.4, 0.5) is 0 Å². The van der Waals surface area contributed by atoms with E-state index >= 15 is 0 Å². The molecule has 0 aromatic carbocycles. The lowest BCUT2D eigenvalue weighted by Gasteiger charge is -2.20. The molecule has 0 amide bonds. The van der Waals surface area contributed by atoms with Gasteiger partial charge in [0.05, 0.1) is 0 Å². The average Bonchev–Trinajstić information content (AvgIpc) is 2.61. The third kappa shape index (κ3) is 3.11. The highest BCUT2D eigenvalue weighted by atomic mass is 16.1. The second-order valence-corrected chi connectivity index (χ2v) is 8.21. The summed E-state index contributed by atoms with van der Waals surface area (Å²) >= 11 is 0. The van der Waals surface area contributed by atoms with Crippen LogP contribution in [0.15, 0.2) is 24.3 Å². The maximum absolute atomic E-state index is 11.5. The Morgan fingerprint density at radius 3 is 0.700 bits per heavy atom. The van der Waals surface area contributed by atoms with E-state index in [4.69, 9.17) is 0 Å². The molecule has 2 aliphatic rings. The van der Waals surface area contributed by atoms with Crippen LogP contribution in [0.1, 0.15) is 55.4 Å². The normalized spacial score (nSPS) is 27.4. The van der Waals surface area contributed by atoms with Crippen molar-refractivity contribution in [2.24, 2.45) is 21.7 Å². The van der Waals surface area contributed by atoms with Crippen LogP contribution < -0.4 is 0 Å². The van der Waals surface area contributed by atoms with Crippen LogP contribution in [-0.4, -0.2) is 11.6 Å². The van der Waals surface area contributed by atoms with Crippen molar-refractivity contribution < 1.29 is 9.59 Å². The van der Waals surface area contributed by atoms with Gasteiger partial charge in [0.2, 0.25) is 0 Å². The minimum absolute atomic E-state index is 0.233. The molecular weight excluding hydrogens is 248 g/mol. The van der Waals surface area contributed by atoms with Crippen molar-refractivity contribution in [2.45, 2.75) is 55.4 Å². The molecule has 2 nitrogen and oxygen atoms in total. The van der Waals surface area contributed by atoms with Crippen LogP contribution in [-0.2, 0) is 9.59 Å². The highest BCUT2D eigenvalue weighted by Crippen LogP contribution is 2.39. The van der Waals surface area contributed by atoms with E-state index in [0.29, 0.717) is 11.6 Å². The van der Waals surface area contributed by atoms with Crippen LogP contribution in [0.3, 0.4) is 0 Å². The zero-order valence-corrected chi connectivity index (χ0v) is 14.1. The molecule has 0 bridgehead atoms. The van der Waals surface area contributed by atoms with Crippen LogP contribution in [0.2, 0.25) is 0 Å². The van der Waals surface area contributed by atoms with E-state index < -0.39 is 0 Å². The molecule has 0 atom stereocenters. The van der Waals surface area contributed by atoms with E-state index in [1.165, 1.54) is 0 Å². The van der Waals surface area contributed by atoms with Gasteiger partial charge in [-0.05, 0) is 55.4 Å². The lowest BCUT2D eigenvalue weighted by molar-refractivity contribution is -0.130. The second-order valence-electron chi connectivity index (χ2n) is 8.21. The first kappa shape index (κ1) is 16.9. The Balaban J connectivity index is 0.000000200. The summed E-state index contributed by atoms with van der Waals surface area (Å²) in [6.07, 6.45) is 7.98. The molecule has 2 rings (SSSR count). The lowest BCUT2D eigenvalue weighted by Crippen LogP contribution is -2.28. The Hall–Kier alpha value is -1.18. The molecule has 20 heavy (non-hydrogen) atoms. The molecule has 0 saturated carbocycles. The molecule has 0 radical (unpaired) electrons. The molecule has 112 valence electrons. The summed E-state index contributed by atoms with van der Waals surface area (Å²) < 4.78 is 0. The summed E-state index contributed by atoms with van der Waals surface area (Å²) in [5.41, 5.74) is -0.931. The molecule has 2 heteroatoms. The quantitative estimate of drug-likeness (QED) is 0.616. The summed E-state index contributed by atoms with van der Waals surface area (Å²) in [5.74, 6) is 0.639. The van der Waals surface area contributed by atoms with E-state index in [1.807, 2.05) is 79.7 Å². The number of carbonyl (C=O) groups is 2. The monoisotopic (exact) mass is 276 g/mol. The van der Waals surface area contributed by atoms with Gasteiger partial charge in [-0.1, -0.05) is 24.3 Å². The van der Waals surface area contributed by atoms with Gasteiger partial charge in [0.1, 0.15) is 0 Å². The van der Waals surface area contributed by atoms with E-state index in [2.05, 4.69) is 0 Å². The molecule has 0 aliphatic heterocycles. The minimum atomic E-state index is -0.233. The number of Topliss-reactive ketones (excluding diaryl/α,β-unsaturated/α-hetero) is 2. The molecule has 2 aliphatic carbocycles. The van der Waals surface area contributed by atoms with Gasteiger partial charge in [-0.15, -0.1) is 0 Å². The first-order chi connectivity index (χ1) is 8.72. The predicted molar refractivity (Wildman–Crippen MR) is 83.4 cm³/mol. The number of allylic oxidation sites excluding steroid dienone is 4.